The fourth-order valence-corrected chi connectivity index (χ4v) is 2.93. The molecule has 1 saturated heterocycles. The van der Waals surface area contributed by atoms with Crippen LogP contribution in [0.3, 0.4) is 0 Å². The second-order valence-electron chi connectivity index (χ2n) is 6.57. The minimum absolute atomic E-state index is 0.430. The molecule has 106 valence electrons. The molecule has 1 heterocycles. The Morgan fingerprint density at radius 2 is 2.05 bits per heavy atom. The van der Waals surface area contributed by atoms with E-state index in [0.29, 0.717) is 11.5 Å². The highest BCUT2D eigenvalue weighted by Gasteiger charge is 2.30. The van der Waals surface area contributed by atoms with Crippen LogP contribution in [0.15, 0.2) is 24.3 Å². The molecule has 19 heavy (non-hydrogen) atoms. The lowest BCUT2D eigenvalue weighted by molar-refractivity contribution is 0.418. The van der Waals surface area contributed by atoms with Crippen LogP contribution >= 0.6 is 0 Å². The van der Waals surface area contributed by atoms with Gasteiger partial charge in [-0.2, -0.15) is 0 Å². The zero-order chi connectivity index (χ0) is 13.9. The van der Waals surface area contributed by atoms with Gasteiger partial charge in [-0.1, -0.05) is 39.0 Å². The molecule has 0 amide bonds. The number of hydrogen-bond donors (Lipinski definition) is 1. The standard InChI is InChI=1S/C17H28N2/c1-5-11-18-14(2)15-8-6-7-9-16(15)19-12-10-17(3,4)13-19/h6-9,14,18H,5,10-13H2,1-4H3. The van der Waals surface area contributed by atoms with Crippen molar-refractivity contribution < 1.29 is 0 Å². The van der Waals surface area contributed by atoms with Gasteiger partial charge in [-0.05, 0) is 43.4 Å². The summed E-state index contributed by atoms with van der Waals surface area (Å²) in [5, 5.41) is 3.61. The minimum Gasteiger partial charge on any atom is -0.371 e. The Hall–Kier alpha value is -1.02. The summed E-state index contributed by atoms with van der Waals surface area (Å²) in [6.45, 7) is 12.7. The van der Waals surface area contributed by atoms with E-state index in [1.54, 1.807) is 0 Å². The molecule has 1 aromatic carbocycles. The maximum atomic E-state index is 3.61. The van der Waals surface area contributed by atoms with Crippen LogP contribution in [0.4, 0.5) is 5.69 Å². The summed E-state index contributed by atoms with van der Waals surface area (Å²) >= 11 is 0. The molecule has 0 saturated carbocycles. The van der Waals surface area contributed by atoms with Crippen molar-refractivity contribution >= 4 is 5.69 Å². The van der Waals surface area contributed by atoms with Crippen LogP contribution < -0.4 is 10.2 Å². The van der Waals surface area contributed by atoms with Crippen molar-refractivity contribution in [2.45, 2.75) is 46.6 Å². The quantitative estimate of drug-likeness (QED) is 0.861. The van der Waals surface area contributed by atoms with Crippen LogP contribution in [0.1, 0.15) is 52.1 Å². The van der Waals surface area contributed by atoms with E-state index >= 15 is 0 Å². The van der Waals surface area contributed by atoms with Gasteiger partial charge in [0.15, 0.2) is 0 Å². The number of nitrogens with zero attached hydrogens (tertiary/aromatic N) is 1. The van der Waals surface area contributed by atoms with Gasteiger partial charge >= 0.3 is 0 Å². The number of anilines is 1. The van der Waals surface area contributed by atoms with Crippen molar-refractivity contribution in [2.24, 2.45) is 5.41 Å². The van der Waals surface area contributed by atoms with Gasteiger partial charge in [0.2, 0.25) is 0 Å². The first-order valence-corrected chi connectivity index (χ1v) is 7.61. The Balaban J connectivity index is 2.17. The summed E-state index contributed by atoms with van der Waals surface area (Å²) in [6, 6.07) is 9.30. The fraction of sp³-hybridized carbons (Fsp3) is 0.647. The molecule has 1 aromatic rings. The predicted octanol–water partition coefficient (Wildman–Crippen LogP) is 3.98. The highest BCUT2D eigenvalue weighted by Crippen LogP contribution is 2.35. The summed E-state index contributed by atoms with van der Waals surface area (Å²) in [4.78, 5) is 2.56. The maximum Gasteiger partial charge on any atom is 0.0414 e. The van der Waals surface area contributed by atoms with Crippen molar-refractivity contribution in [1.82, 2.24) is 5.32 Å². The first-order valence-electron chi connectivity index (χ1n) is 7.61. The average molecular weight is 260 g/mol. The zero-order valence-corrected chi connectivity index (χ0v) is 12.9. The SMILES string of the molecule is CCCNC(C)c1ccccc1N1CCC(C)(C)C1. The third-order valence-corrected chi connectivity index (χ3v) is 4.12. The van der Waals surface area contributed by atoms with Crippen LogP contribution in [0.5, 0.6) is 0 Å². The van der Waals surface area contributed by atoms with E-state index in [9.17, 15) is 0 Å². The van der Waals surface area contributed by atoms with E-state index in [1.807, 2.05) is 0 Å². The van der Waals surface area contributed by atoms with Crippen LogP contribution in [-0.4, -0.2) is 19.6 Å². The maximum absolute atomic E-state index is 3.61. The van der Waals surface area contributed by atoms with Gasteiger partial charge in [0.1, 0.15) is 0 Å². The predicted molar refractivity (Wildman–Crippen MR) is 83.8 cm³/mol. The number of nitrogens with one attached hydrogen (secondary N) is 1. The first kappa shape index (κ1) is 14.4. The molecule has 1 aliphatic rings. The highest BCUT2D eigenvalue weighted by atomic mass is 15.2. The third-order valence-electron chi connectivity index (χ3n) is 4.12. The van der Waals surface area contributed by atoms with Gasteiger partial charge in [0.25, 0.3) is 0 Å². The molecular formula is C17H28N2. The van der Waals surface area contributed by atoms with Gasteiger partial charge in [-0.25, -0.2) is 0 Å². The number of benzene rings is 1. The Bertz CT molecular complexity index is 411. The molecular weight excluding hydrogens is 232 g/mol. The molecule has 0 aromatic heterocycles. The lowest BCUT2D eigenvalue weighted by atomic mass is 9.93. The normalized spacial score (nSPS) is 19.7. The molecule has 1 aliphatic heterocycles. The van der Waals surface area contributed by atoms with Crippen LogP contribution in [-0.2, 0) is 0 Å². The van der Waals surface area contributed by atoms with Gasteiger partial charge < -0.3 is 10.2 Å². The molecule has 2 rings (SSSR count). The van der Waals surface area contributed by atoms with Crippen molar-refractivity contribution in [3.05, 3.63) is 29.8 Å². The molecule has 0 radical (unpaired) electrons. The Labute approximate surface area is 118 Å². The monoisotopic (exact) mass is 260 g/mol. The van der Waals surface area contributed by atoms with Crippen LogP contribution in [0.25, 0.3) is 0 Å². The topological polar surface area (TPSA) is 15.3 Å². The lowest BCUT2D eigenvalue weighted by Gasteiger charge is -2.26. The summed E-state index contributed by atoms with van der Waals surface area (Å²) in [5.74, 6) is 0. The summed E-state index contributed by atoms with van der Waals surface area (Å²) < 4.78 is 0. The number of para-hydroxylation sites is 1. The Morgan fingerprint density at radius 3 is 2.68 bits per heavy atom. The van der Waals surface area contributed by atoms with E-state index in [-0.39, 0.29) is 0 Å². The third kappa shape index (κ3) is 3.50. The van der Waals surface area contributed by atoms with Crippen molar-refractivity contribution in [1.29, 1.82) is 0 Å². The largest absolute Gasteiger partial charge is 0.371 e. The van der Waals surface area contributed by atoms with E-state index in [4.69, 9.17) is 0 Å². The van der Waals surface area contributed by atoms with Gasteiger partial charge in [-0.15, -0.1) is 0 Å². The molecule has 1 atom stereocenters. The molecule has 0 aliphatic carbocycles. The first-order chi connectivity index (χ1) is 9.03. The Kier molecular flexibility index (Phi) is 4.51. The summed E-state index contributed by atoms with van der Waals surface area (Å²) in [5.41, 5.74) is 3.31. The molecule has 1 fully saturated rings. The van der Waals surface area contributed by atoms with E-state index in [1.165, 1.54) is 37.2 Å². The van der Waals surface area contributed by atoms with Crippen LogP contribution in [0.2, 0.25) is 0 Å². The fourth-order valence-electron chi connectivity index (χ4n) is 2.93. The molecule has 0 bridgehead atoms. The highest BCUT2D eigenvalue weighted by molar-refractivity contribution is 5.55. The van der Waals surface area contributed by atoms with Crippen molar-refractivity contribution in [2.75, 3.05) is 24.5 Å². The smallest absolute Gasteiger partial charge is 0.0414 e. The molecule has 2 heteroatoms. The van der Waals surface area contributed by atoms with Crippen molar-refractivity contribution in [3.63, 3.8) is 0 Å². The number of hydrogen-bond acceptors (Lipinski definition) is 2. The van der Waals surface area contributed by atoms with Crippen molar-refractivity contribution in [3.8, 4) is 0 Å². The second-order valence-corrected chi connectivity index (χ2v) is 6.57. The zero-order valence-electron chi connectivity index (χ0n) is 12.9. The Morgan fingerprint density at radius 1 is 1.32 bits per heavy atom. The van der Waals surface area contributed by atoms with Gasteiger partial charge in [0, 0.05) is 24.8 Å². The molecule has 1 unspecified atom stereocenters. The average Bonchev–Trinajstić information content (AvgIpc) is 2.76. The molecule has 2 nitrogen and oxygen atoms in total. The van der Waals surface area contributed by atoms with E-state index < -0.39 is 0 Å². The summed E-state index contributed by atoms with van der Waals surface area (Å²) in [7, 11) is 0. The summed E-state index contributed by atoms with van der Waals surface area (Å²) in [6.07, 6.45) is 2.47. The lowest BCUT2D eigenvalue weighted by Crippen LogP contribution is -2.26. The minimum atomic E-state index is 0.430. The van der Waals surface area contributed by atoms with Gasteiger partial charge in [-0.3, -0.25) is 0 Å². The molecule has 0 spiro atoms. The van der Waals surface area contributed by atoms with E-state index in [0.717, 1.165) is 6.54 Å². The second kappa shape index (κ2) is 5.96. The van der Waals surface area contributed by atoms with Crippen LogP contribution in [0, 0.1) is 5.41 Å². The number of rotatable bonds is 5. The molecule has 1 N–H and O–H groups in total. The van der Waals surface area contributed by atoms with Gasteiger partial charge in [0.05, 0.1) is 0 Å². The van der Waals surface area contributed by atoms with E-state index in [2.05, 4.69) is 62.2 Å².